The van der Waals surface area contributed by atoms with Crippen LogP contribution in [0.2, 0.25) is 0 Å². The molecule has 0 unspecified atom stereocenters. The number of hydrogen-bond donors (Lipinski definition) is 2. The highest BCUT2D eigenvalue weighted by Crippen LogP contribution is 2.13. The summed E-state index contributed by atoms with van der Waals surface area (Å²) in [5.41, 5.74) is 0. The number of rotatable bonds is 5. The molecule has 0 aromatic rings. The fourth-order valence-electron chi connectivity index (χ4n) is 1.19. The molecule has 2 atom stereocenters. The summed E-state index contributed by atoms with van der Waals surface area (Å²) in [7, 11) is 0. The Morgan fingerprint density at radius 3 is 1.69 bits per heavy atom. The molecule has 0 spiro atoms. The van der Waals surface area contributed by atoms with Gasteiger partial charge in [-0.25, -0.2) is 0 Å². The molecule has 13 heavy (non-hydrogen) atoms. The van der Waals surface area contributed by atoms with Crippen molar-refractivity contribution >= 4 is 0 Å². The van der Waals surface area contributed by atoms with Gasteiger partial charge in [-0.05, 0) is 24.7 Å². The van der Waals surface area contributed by atoms with Gasteiger partial charge >= 0.3 is 0 Å². The van der Waals surface area contributed by atoms with Crippen molar-refractivity contribution in [2.75, 3.05) is 0 Å². The Hall–Kier alpha value is -0.0800. The molecule has 0 heterocycles. The van der Waals surface area contributed by atoms with Crippen LogP contribution in [0, 0.1) is 11.8 Å². The van der Waals surface area contributed by atoms with E-state index >= 15 is 0 Å². The van der Waals surface area contributed by atoms with Crippen molar-refractivity contribution in [2.45, 2.75) is 60.2 Å². The quantitative estimate of drug-likeness (QED) is 0.699. The smallest absolute Gasteiger partial charge is 0.0587 e. The highest BCUT2D eigenvalue weighted by Gasteiger charge is 2.15. The molecule has 0 aromatic heterocycles. The van der Waals surface area contributed by atoms with Gasteiger partial charge in [0, 0.05) is 0 Å². The van der Waals surface area contributed by atoms with Crippen molar-refractivity contribution in [2.24, 2.45) is 11.8 Å². The molecule has 0 rings (SSSR count). The molecule has 0 amide bonds. The van der Waals surface area contributed by atoms with Crippen molar-refractivity contribution in [3.05, 3.63) is 0 Å². The average molecular weight is 190 g/mol. The van der Waals surface area contributed by atoms with Crippen LogP contribution in [0.1, 0.15) is 48.0 Å². The summed E-state index contributed by atoms with van der Waals surface area (Å²) >= 11 is 0. The molecular weight excluding hydrogens is 164 g/mol. The van der Waals surface area contributed by atoms with Crippen LogP contribution in [0.5, 0.6) is 0 Å². The van der Waals surface area contributed by atoms with Crippen LogP contribution in [0.25, 0.3) is 0 Å². The standard InChI is InChI=1S/C10H22O2.CH4/c1-7(2)5-9(11)6-10(12)8(3)4;/h7-12H,5-6H2,1-4H3;1H4/t9-,10-;/m0./s1. The Morgan fingerprint density at radius 2 is 1.38 bits per heavy atom. The molecule has 0 saturated heterocycles. The Kier molecular flexibility index (Phi) is 8.69. The summed E-state index contributed by atoms with van der Waals surface area (Å²) in [6.45, 7) is 8.08. The van der Waals surface area contributed by atoms with Gasteiger partial charge in [0.2, 0.25) is 0 Å². The van der Waals surface area contributed by atoms with Gasteiger partial charge in [0.1, 0.15) is 0 Å². The zero-order chi connectivity index (χ0) is 9.72. The minimum atomic E-state index is -0.362. The molecule has 0 saturated carbocycles. The maximum atomic E-state index is 9.48. The van der Waals surface area contributed by atoms with E-state index in [0.29, 0.717) is 12.3 Å². The Morgan fingerprint density at radius 1 is 0.923 bits per heavy atom. The van der Waals surface area contributed by atoms with Gasteiger partial charge in [-0.3, -0.25) is 0 Å². The van der Waals surface area contributed by atoms with Gasteiger partial charge in [0.25, 0.3) is 0 Å². The summed E-state index contributed by atoms with van der Waals surface area (Å²) in [6.07, 6.45) is 0.584. The first-order valence-corrected chi connectivity index (χ1v) is 4.79. The third-order valence-electron chi connectivity index (χ3n) is 2.03. The van der Waals surface area contributed by atoms with Gasteiger partial charge in [-0.1, -0.05) is 35.1 Å². The van der Waals surface area contributed by atoms with Gasteiger partial charge in [0.15, 0.2) is 0 Å². The third kappa shape index (κ3) is 8.26. The fourth-order valence-corrected chi connectivity index (χ4v) is 1.19. The summed E-state index contributed by atoms with van der Waals surface area (Å²) in [5.74, 6) is 0.742. The van der Waals surface area contributed by atoms with Crippen LogP contribution >= 0.6 is 0 Å². The van der Waals surface area contributed by atoms with Crippen molar-refractivity contribution < 1.29 is 10.2 Å². The molecule has 0 aliphatic carbocycles. The lowest BCUT2D eigenvalue weighted by molar-refractivity contribution is 0.0446. The lowest BCUT2D eigenvalue weighted by atomic mass is 9.96. The fraction of sp³-hybridized carbons (Fsp3) is 1.00. The highest BCUT2D eigenvalue weighted by atomic mass is 16.3. The summed E-state index contributed by atoms with van der Waals surface area (Å²) in [4.78, 5) is 0. The lowest BCUT2D eigenvalue weighted by Crippen LogP contribution is -2.23. The van der Waals surface area contributed by atoms with Crippen LogP contribution in [0.4, 0.5) is 0 Å². The van der Waals surface area contributed by atoms with Crippen LogP contribution in [0.3, 0.4) is 0 Å². The summed E-state index contributed by atoms with van der Waals surface area (Å²) in [5, 5.41) is 18.9. The summed E-state index contributed by atoms with van der Waals surface area (Å²) < 4.78 is 0. The number of aliphatic hydroxyl groups excluding tert-OH is 2. The maximum absolute atomic E-state index is 9.48. The zero-order valence-electron chi connectivity index (χ0n) is 8.62. The van der Waals surface area contributed by atoms with Gasteiger partial charge in [-0.15, -0.1) is 0 Å². The van der Waals surface area contributed by atoms with Crippen molar-refractivity contribution in [1.82, 2.24) is 0 Å². The van der Waals surface area contributed by atoms with Crippen LogP contribution < -0.4 is 0 Å². The van der Waals surface area contributed by atoms with Crippen LogP contribution in [0.15, 0.2) is 0 Å². The van der Waals surface area contributed by atoms with Crippen molar-refractivity contribution in [3.8, 4) is 0 Å². The second-order valence-corrected chi connectivity index (χ2v) is 4.33. The van der Waals surface area contributed by atoms with E-state index in [1.54, 1.807) is 0 Å². The molecule has 0 fully saturated rings. The second kappa shape index (κ2) is 7.34. The first kappa shape index (κ1) is 15.4. The van der Waals surface area contributed by atoms with Gasteiger partial charge in [0.05, 0.1) is 12.2 Å². The van der Waals surface area contributed by atoms with Gasteiger partial charge in [-0.2, -0.15) is 0 Å². The second-order valence-electron chi connectivity index (χ2n) is 4.33. The number of aliphatic hydroxyl groups is 2. The zero-order valence-corrected chi connectivity index (χ0v) is 8.62. The normalized spacial score (nSPS) is 15.7. The Labute approximate surface area is 83.0 Å². The van der Waals surface area contributed by atoms with Crippen molar-refractivity contribution in [1.29, 1.82) is 0 Å². The molecule has 2 heteroatoms. The highest BCUT2D eigenvalue weighted by molar-refractivity contribution is 4.67. The van der Waals surface area contributed by atoms with E-state index in [9.17, 15) is 10.2 Å². The molecule has 0 aromatic carbocycles. The molecule has 0 bridgehead atoms. The number of hydrogen-bond acceptors (Lipinski definition) is 2. The molecule has 82 valence electrons. The largest absolute Gasteiger partial charge is 0.393 e. The predicted molar refractivity (Wildman–Crippen MR) is 57.7 cm³/mol. The molecule has 0 aliphatic rings. The van der Waals surface area contributed by atoms with E-state index in [1.807, 2.05) is 13.8 Å². The monoisotopic (exact) mass is 190 g/mol. The van der Waals surface area contributed by atoms with Crippen molar-refractivity contribution in [3.63, 3.8) is 0 Å². The molecule has 2 nitrogen and oxygen atoms in total. The Balaban J connectivity index is 0. The van der Waals surface area contributed by atoms with E-state index in [-0.39, 0.29) is 25.6 Å². The first-order chi connectivity index (χ1) is 5.43. The van der Waals surface area contributed by atoms with E-state index in [1.165, 1.54) is 0 Å². The Bertz CT molecular complexity index is 111. The lowest BCUT2D eigenvalue weighted by Gasteiger charge is -2.19. The average Bonchev–Trinajstić information content (AvgIpc) is 1.84. The third-order valence-corrected chi connectivity index (χ3v) is 2.03. The maximum Gasteiger partial charge on any atom is 0.0587 e. The molecule has 2 N–H and O–H groups in total. The van der Waals surface area contributed by atoms with E-state index in [4.69, 9.17) is 0 Å². The SMILES string of the molecule is C.CC(C)C[C@H](O)C[C@H](O)C(C)C. The minimum Gasteiger partial charge on any atom is -0.393 e. The van der Waals surface area contributed by atoms with Crippen LogP contribution in [-0.2, 0) is 0 Å². The topological polar surface area (TPSA) is 40.5 Å². The first-order valence-electron chi connectivity index (χ1n) is 4.79. The van der Waals surface area contributed by atoms with E-state index < -0.39 is 0 Å². The summed E-state index contributed by atoms with van der Waals surface area (Å²) in [6, 6.07) is 0. The van der Waals surface area contributed by atoms with Crippen LogP contribution in [-0.4, -0.2) is 22.4 Å². The minimum absolute atomic E-state index is 0. The van der Waals surface area contributed by atoms with E-state index in [0.717, 1.165) is 6.42 Å². The molecule has 0 radical (unpaired) electrons. The predicted octanol–water partition coefficient (Wildman–Crippen LogP) is 2.44. The molecule has 0 aliphatic heterocycles. The van der Waals surface area contributed by atoms with Gasteiger partial charge < -0.3 is 10.2 Å². The molecular formula is C11H26O2. The van der Waals surface area contributed by atoms with E-state index in [2.05, 4.69) is 13.8 Å².